The van der Waals surface area contributed by atoms with E-state index < -0.39 is 10.2 Å². The Kier molecular flexibility index (Phi) is 5.57. The fourth-order valence-corrected chi connectivity index (χ4v) is 7.71. The molecule has 0 amide bonds. The number of aromatic nitrogens is 3. The number of anilines is 1. The van der Waals surface area contributed by atoms with E-state index >= 15 is 0 Å². The van der Waals surface area contributed by atoms with Gasteiger partial charge in [0, 0.05) is 58.1 Å². The van der Waals surface area contributed by atoms with Crippen LogP contribution in [0.1, 0.15) is 32.1 Å². The lowest BCUT2D eigenvalue weighted by Gasteiger charge is -2.46. The Morgan fingerprint density at radius 3 is 2.70 bits per heavy atom. The van der Waals surface area contributed by atoms with Crippen molar-refractivity contribution < 1.29 is 13.2 Å². The molecule has 180 valence electrons. The highest BCUT2D eigenvalue weighted by Gasteiger charge is 2.57. The van der Waals surface area contributed by atoms with Gasteiger partial charge < -0.3 is 14.6 Å². The number of morpholine rings is 1. The topological polar surface area (TPSA) is 97.9 Å². The van der Waals surface area contributed by atoms with Gasteiger partial charge in [0.05, 0.1) is 24.1 Å². The van der Waals surface area contributed by atoms with Crippen molar-refractivity contribution >= 4 is 27.1 Å². The normalized spacial score (nSPS) is 24.6. The van der Waals surface area contributed by atoms with E-state index in [1.54, 1.807) is 6.33 Å². The van der Waals surface area contributed by atoms with Crippen molar-refractivity contribution in [1.29, 1.82) is 0 Å². The predicted octanol–water partition coefficient (Wildman–Crippen LogP) is 1.04. The van der Waals surface area contributed by atoms with Crippen LogP contribution in [-0.2, 0) is 14.9 Å². The summed E-state index contributed by atoms with van der Waals surface area (Å²) in [5.74, 6) is 0.896. The molecule has 33 heavy (non-hydrogen) atoms. The summed E-state index contributed by atoms with van der Waals surface area (Å²) in [6.07, 6.45) is 8.34. The van der Waals surface area contributed by atoms with Crippen molar-refractivity contribution in [1.82, 2.24) is 28.5 Å². The van der Waals surface area contributed by atoms with Crippen LogP contribution >= 0.6 is 0 Å². The number of ether oxygens (including phenoxy) is 1. The van der Waals surface area contributed by atoms with Gasteiger partial charge in [0.2, 0.25) is 0 Å². The highest BCUT2D eigenvalue weighted by Crippen LogP contribution is 2.48. The number of H-pyrrole nitrogens is 1. The average molecular weight is 476 g/mol. The van der Waals surface area contributed by atoms with E-state index in [4.69, 9.17) is 4.74 Å². The first-order valence-electron chi connectivity index (χ1n) is 12.2. The fourth-order valence-electron chi connectivity index (χ4n) is 5.52. The molecule has 2 aromatic heterocycles. The highest BCUT2D eigenvalue weighted by molar-refractivity contribution is 7.86. The van der Waals surface area contributed by atoms with Crippen LogP contribution in [-0.4, -0.2) is 107 Å². The Morgan fingerprint density at radius 2 is 1.97 bits per heavy atom. The molecule has 0 unspecified atom stereocenters. The smallest absolute Gasteiger partial charge is 0.282 e. The first-order chi connectivity index (χ1) is 16.1. The quantitative estimate of drug-likeness (QED) is 0.639. The lowest BCUT2D eigenvalue weighted by Crippen LogP contribution is -2.62. The molecule has 2 saturated carbocycles. The molecule has 2 aliphatic carbocycles. The molecule has 1 spiro atoms. The van der Waals surface area contributed by atoms with Crippen molar-refractivity contribution in [2.24, 2.45) is 0 Å². The lowest BCUT2D eigenvalue weighted by atomic mass is 9.93. The first kappa shape index (κ1) is 21.7. The van der Waals surface area contributed by atoms with Crippen molar-refractivity contribution in [2.45, 2.75) is 43.7 Å². The Bertz CT molecular complexity index is 1090. The number of rotatable bonds is 7. The van der Waals surface area contributed by atoms with Gasteiger partial charge in [0.25, 0.3) is 10.2 Å². The van der Waals surface area contributed by atoms with Gasteiger partial charge in [0.15, 0.2) is 0 Å². The zero-order chi connectivity index (χ0) is 22.5. The third kappa shape index (κ3) is 3.93. The minimum atomic E-state index is -3.52. The van der Waals surface area contributed by atoms with Crippen molar-refractivity contribution in [3.05, 3.63) is 18.6 Å². The molecule has 0 radical (unpaired) electrons. The summed E-state index contributed by atoms with van der Waals surface area (Å²) in [5.41, 5.74) is 0.505. The first-order valence-corrected chi connectivity index (χ1v) is 13.6. The summed E-state index contributed by atoms with van der Waals surface area (Å²) in [4.78, 5) is 16.6. The molecule has 10 nitrogen and oxygen atoms in total. The molecule has 0 aromatic carbocycles. The SMILES string of the molecule is O=S(=O)(N(CCN1CCOCC1)C1CCC1)N1CCN(c2ncnc3[nH]ccc23)CC12CC2. The van der Waals surface area contributed by atoms with E-state index in [1.807, 2.05) is 20.9 Å². The van der Waals surface area contributed by atoms with Crippen LogP contribution in [0, 0.1) is 0 Å². The van der Waals surface area contributed by atoms with Gasteiger partial charge in [-0.1, -0.05) is 6.42 Å². The largest absolute Gasteiger partial charge is 0.379 e. The molecule has 0 atom stereocenters. The van der Waals surface area contributed by atoms with Gasteiger partial charge in [-0.2, -0.15) is 17.0 Å². The number of fused-ring (bicyclic) bond motifs is 1. The Labute approximate surface area is 195 Å². The lowest BCUT2D eigenvalue weighted by molar-refractivity contribution is 0.0335. The van der Waals surface area contributed by atoms with Gasteiger partial charge in [-0.05, 0) is 31.7 Å². The van der Waals surface area contributed by atoms with Crippen LogP contribution in [0.15, 0.2) is 18.6 Å². The summed E-state index contributed by atoms with van der Waals surface area (Å²) >= 11 is 0. The van der Waals surface area contributed by atoms with E-state index in [0.717, 1.165) is 81.8 Å². The number of aromatic amines is 1. The molecule has 2 saturated heterocycles. The maximum absolute atomic E-state index is 14.0. The number of nitrogens with one attached hydrogen (secondary N) is 1. The van der Waals surface area contributed by atoms with E-state index in [0.29, 0.717) is 26.2 Å². The molecule has 4 heterocycles. The Morgan fingerprint density at radius 1 is 1.15 bits per heavy atom. The number of piperazine rings is 1. The number of nitrogens with zero attached hydrogens (tertiary/aromatic N) is 6. The molecule has 4 aliphatic rings. The molecule has 11 heteroatoms. The summed E-state index contributed by atoms with van der Waals surface area (Å²) in [6, 6.07) is 2.14. The monoisotopic (exact) mass is 475 g/mol. The predicted molar refractivity (Wildman–Crippen MR) is 125 cm³/mol. The van der Waals surface area contributed by atoms with Crippen molar-refractivity contribution in [3.8, 4) is 0 Å². The average Bonchev–Trinajstić information content (AvgIpc) is 3.36. The van der Waals surface area contributed by atoms with Gasteiger partial charge in [-0.15, -0.1) is 0 Å². The molecular weight excluding hydrogens is 442 g/mol. The standard InChI is InChI=1S/C22H33N7O3S/c30-33(31,28(18-2-1-3-18)10-8-26-12-14-32-15-13-26)29-11-9-27(16-22(29)5-6-22)21-19-4-7-23-20(19)24-17-25-21/h4,7,17-18H,1-3,5-6,8-16H2,(H,23,24,25). The molecule has 0 bridgehead atoms. The van der Waals surface area contributed by atoms with Crippen LogP contribution in [0.25, 0.3) is 11.0 Å². The molecule has 2 aromatic rings. The molecular formula is C22H33N7O3S. The maximum Gasteiger partial charge on any atom is 0.282 e. The number of hydrogen-bond donors (Lipinski definition) is 1. The Balaban J connectivity index is 1.21. The molecule has 6 rings (SSSR count). The zero-order valence-corrected chi connectivity index (χ0v) is 19.8. The van der Waals surface area contributed by atoms with Crippen molar-refractivity contribution in [2.75, 3.05) is 63.9 Å². The molecule has 2 aliphatic heterocycles. The fraction of sp³-hybridized carbons (Fsp3) is 0.727. The van der Waals surface area contributed by atoms with E-state index in [9.17, 15) is 8.42 Å². The van der Waals surface area contributed by atoms with Gasteiger partial charge in [0.1, 0.15) is 17.8 Å². The second-order valence-electron chi connectivity index (χ2n) is 9.81. The second kappa shape index (κ2) is 8.46. The van der Waals surface area contributed by atoms with E-state index in [-0.39, 0.29) is 11.6 Å². The van der Waals surface area contributed by atoms with Gasteiger partial charge in [-0.3, -0.25) is 4.90 Å². The molecule has 1 N–H and O–H groups in total. The number of hydrogen-bond acceptors (Lipinski definition) is 7. The van der Waals surface area contributed by atoms with Crippen LogP contribution in [0.3, 0.4) is 0 Å². The zero-order valence-electron chi connectivity index (χ0n) is 19.0. The van der Waals surface area contributed by atoms with Crippen molar-refractivity contribution in [3.63, 3.8) is 0 Å². The Hall–Kier alpha value is -1.79. The third-order valence-corrected chi connectivity index (χ3v) is 10.0. The van der Waals surface area contributed by atoms with Gasteiger partial charge >= 0.3 is 0 Å². The molecule has 4 fully saturated rings. The summed E-state index contributed by atoms with van der Waals surface area (Å²) < 4.78 is 37.2. The van der Waals surface area contributed by atoms with E-state index in [2.05, 4.69) is 24.8 Å². The minimum Gasteiger partial charge on any atom is -0.379 e. The summed E-state index contributed by atoms with van der Waals surface area (Å²) in [5, 5.41) is 0.992. The van der Waals surface area contributed by atoms with Crippen LogP contribution in [0.4, 0.5) is 5.82 Å². The third-order valence-electron chi connectivity index (χ3n) is 7.84. The minimum absolute atomic E-state index is 0.145. The summed E-state index contributed by atoms with van der Waals surface area (Å²) in [7, 11) is -3.52. The van der Waals surface area contributed by atoms with E-state index in [1.165, 1.54) is 0 Å². The van der Waals surface area contributed by atoms with Crippen LogP contribution < -0.4 is 4.90 Å². The highest BCUT2D eigenvalue weighted by atomic mass is 32.2. The van der Waals surface area contributed by atoms with Gasteiger partial charge in [-0.25, -0.2) is 9.97 Å². The van der Waals surface area contributed by atoms with Crippen LogP contribution in [0.2, 0.25) is 0 Å². The summed E-state index contributed by atoms with van der Waals surface area (Å²) in [6.45, 7) is 6.40. The second-order valence-corrected chi connectivity index (χ2v) is 11.6. The maximum atomic E-state index is 14.0. The van der Waals surface area contributed by atoms with Crippen LogP contribution in [0.5, 0.6) is 0 Å².